The number of benzene rings is 10. The summed E-state index contributed by atoms with van der Waals surface area (Å²) in [4.78, 5) is 64.1. The van der Waals surface area contributed by atoms with Gasteiger partial charge in [0, 0.05) is 75.5 Å². The second-order valence-electron chi connectivity index (χ2n) is 36.4. The number of rotatable bonds is 9. The summed E-state index contributed by atoms with van der Waals surface area (Å²) in [7, 11) is -0.314. The van der Waals surface area contributed by atoms with Crippen molar-refractivity contribution in [2.24, 2.45) is 0 Å². The van der Waals surface area contributed by atoms with Crippen LogP contribution in [0.5, 0.6) is 46.0 Å². The smallest absolute Gasteiger partial charge is 0.506 e. The number of nitrogens with zero attached hydrogens (tertiary/aromatic N) is 3. The number of hydrogen-bond acceptors (Lipinski definition) is 22. The average Bonchev–Trinajstić information content (AvgIpc) is 1.62. The number of ketones is 1. The first-order chi connectivity index (χ1) is 68.8. The maximum Gasteiger partial charge on any atom is 1.00 e. The van der Waals surface area contributed by atoms with Gasteiger partial charge in [0.05, 0.1) is 62.5 Å². The Morgan fingerprint density at radius 1 is 0.473 bits per heavy atom. The number of aldehydes is 1. The van der Waals surface area contributed by atoms with Gasteiger partial charge in [-0.2, -0.15) is 9.90 Å². The van der Waals surface area contributed by atoms with E-state index in [1.54, 1.807) is 113 Å². The zero-order valence-electron chi connectivity index (χ0n) is 83.5. The van der Waals surface area contributed by atoms with E-state index in [0.717, 1.165) is 52.0 Å². The van der Waals surface area contributed by atoms with Crippen LogP contribution in [0.2, 0.25) is 25.1 Å². The molecule has 7 heterocycles. The molecule has 43 heteroatoms. The number of aromatic hydroxyl groups is 2. The topological polar surface area (TPSA) is 329 Å². The van der Waals surface area contributed by atoms with Crippen LogP contribution in [0.15, 0.2) is 218 Å². The minimum atomic E-state index is -5.94. The molecular weight excluding hydrogens is 2460 g/mol. The Hall–Kier alpha value is -8.65. The van der Waals surface area contributed by atoms with Crippen LogP contribution in [0.3, 0.4) is 0 Å². The summed E-state index contributed by atoms with van der Waals surface area (Å²) >= 11 is 35.1. The Balaban J connectivity index is 0.000000310. The molecule has 7 aliphatic heterocycles. The number of carbonyl (C=O) groups is 5. The van der Waals surface area contributed by atoms with Crippen LogP contribution in [0.1, 0.15) is 209 Å². The maximum atomic E-state index is 14.3. The van der Waals surface area contributed by atoms with Crippen LogP contribution in [-0.4, -0.2) is 130 Å². The number of phenols is 2. The molecule has 2 N–H and O–H groups in total. The first-order valence-electron chi connectivity index (χ1n) is 44.8. The number of ether oxygens (including phenoxy) is 9. The Kier molecular flexibility index (Phi) is 52.1. The molecule has 0 aromatic heterocycles. The minimum Gasteiger partial charge on any atom is -0.506 e. The Labute approximate surface area is 961 Å². The standard InChI is InChI=1S/C23H25ClFNO4.C23H23ClFNO4.C16H28BNO4.2C13H7BrClFO2.C7H5BrO2.C6H3BrClF.C3H4.C2H2.CH4.IO4.Na.H3P/c2*1-23(2,3)30-22(27)26-11-9-14(10-12-26)16-5-4-6-19-20(16)29-21(28-19)17-8-7-15(24)13-18(17)25;1-14(2,3)20-13(19)18-10-8-12(9-11-18)17-21-15(4,5)16(6,7)22-17;14-9-2-1-3-11-12(9)18-13(17-11)8-5-4-7(15)6-10(8)16;14-10-3-1-2-9(13(10)18)12(17)8-5-4-7(15)6-11(8)16;8-6-3-1-2-5(4-9)7(6)10;7-5-2-1-4(8)3-6(5)9;1-3-2;1-2;;2-1(3,4)5;;/h4-8,13-14,21H,9-12H2,1-3H3;4-9,13,21H,10-12H2,1-3H3;8H,9-11H2,1-7H3;1-6,13H;1-6,18H;1-4,10H;1-3H;1H,2H3;1-2H;1H4;;;1H3/q;;;;;;;;;;-1;+1;. The average molecular weight is 2570 g/mol. The maximum absolute atomic E-state index is 14.3. The third kappa shape index (κ3) is 39.4. The van der Waals surface area contributed by atoms with E-state index in [1.165, 1.54) is 42.5 Å². The zero-order chi connectivity index (χ0) is 109. The van der Waals surface area contributed by atoms with Gasteiger partial charge >= 0.3 is 55.0 Å². The third-order valence-electron chi connectivity index (χ3n) is 21.6. The van der Waals surface area contributed by atoms with Gasteiger partial charge in [0.15, 0.2) is 46.6 Å². The normalized spacial score (nSPS) is 16.0. The molecule has 0 spiro atoms. The van der Waals surface area contributed by atoms with Gasteiger partial charge in [0.25, 0.3) is 18.9 Å². The minimum absolute atomic E-state index is 0. The quantitative estimate of drug-likeness (QED) is 0.0156. The molecule has 0 radical (unpaired) electrons. The van der Waals surface area contributed by atoms with Gasteiger partial charge in [-0.3, -0.25) is 23.3 Å². The number of halogens is 15. The molecule has 17 rings (SSSR count). The van der Waals surface area contributed by atoms with Crippen LogP contribution in [-0.2, 0) is 23.5 Å². The fourth-order valence-corrected chi connectivity index (χ4v) is 16.3. The van der Waals surface area contributed by atoms with Crippen LogP contribution < -0.4 is 91.8 Å². The molecule has 150 heavy (non-hydrogen) atoms. The largest absolute Gasteiger partial charge is 1.00 e. The van der Waals surface area contributed by atoms with Gasteiger partial charge in [-0.25, -0.2) is 36.3 Å². The predicted molar refractivity (Wildman–Crippen MR) is 573 cm³/mol. The van der Waals surface area contributed by atoms with E-state index in [0.29, 0.717) is 137 Å². The fourth-order valence-electron chi connectivity index (χ4n) is 14.1. The molecule has 0 saturated carbocycles. The first kappa shape index (κ1) is 132. The van der Waals surface area contributed by atoms with Crippen molar-refractivity contribution < 1.29 is 171 Å². The molecule has 0 bridgehead atoms. The van der Waals surface area contributed by atoms with Gasteiger partial charge in [-0.05, 0) is 343 Å². The van der Waals surface area contributed by atoms with Crippen molar-refractivity contribution in [3.05, 3.63) is 316 Å². The summed E-state index contributed by atoms with van der Waals surface area (Å²) < 4.78 is 168. The van der Waals surface area contributed by atoms with Crippen LogP contribution in [0.25, 0.3) is 5.57 Å². The molecule has 10 aromatic carbocycles. The van der Waals surface area contributed by atoms with E-state index >= 15 is 0 Å². The van der Waals surface area contributed by atoms with Gasteiger partial charge < -0.3 is 76.9 Å². The second-order valence-corrected chi connectivity index (χ2v) is 44.1. The number of likely N-dealkylation sites (tertiary alicyclic amines) is 1. The molecule has 25 nitrogen and oxygen atoms in total. The van der Waals surface area contributed by atoms with Crippen molar-refractivity contribution in [3.63, 3.8) is 0 Å². The SMILES string of the molecule is C.C#C.C#CC.CC(C)(C)OC(=O)N1CC=C(B2OC(C)(C)C(C)(C)O2)CC1.CC(C)(C)OC(=O)N1CC=C(c2cccc3c2OC(c2ccc(Cl)cc2F)O3)CC1.CC(C)(C)OC(=O)N1CCC(c2cccc3c2OC(c2ccc(Cl)cc2F)O3)CC1.Fc1cc(Cl)ccc1Br.Fc1cc(Cl)ccc1C1Oc2cccc(Br)c2O1.O=C(c1ccc(Cl)cc1F)c1cccc(Br)c1O.O=Cc1cccc(Br)c1O.P.[Na+].[O-][I+3]([O-])([O-])[O-]. The van der Waals surface area contributed by atoms with Crippen molar-refractivity contribution in [2.75, 3.05) is 39.3 Å². The molecular formula is C107H111BBr4Cl5F5IN3NaO22P. The summed E-state index contributed by atoms with van der Waals surface area (Å²) in [6.07, 6.45) is 16.8. The number of piperidine rings is 1. The van der Waals surface area contributed by atoms with Crippen molar-refractivity contribution in [3.8, 4) is 71.2 Å². The number of phenolic OH excluding ortho intramolecular Hbond substituents is 2. The number of hydrogen-bond donors (Lipinski definition) is 2. The fraction of sp³-hybridized carbons (Fsp3) is 0.318. The third-order valence-corrected chi connectivity index (χ3v) is 25.3. The van der Waals surface area contributed by atoms with Crippen LogP contribution in [0.4, 0.5) is 36.3 Å². The predicted octanol–water partition coefficient (Wildman–Crippen LogP) is 20.2. The molecule has 2 saturated heterocycles. The molecule has 3 amide bonds. The Morgan fingerprint density at radius 2 is 0.840 bits per heavy atom. The van der Waals surface area contributed by atoms with Crippen molar-refractivity contribution >= 4 is 175 Å². The van der Waals surface area contributed by atoms with E-state index in [4.69, 9.17) is 129 Å². The van der Waals surface area contributed by atoms with Crippen molar-refractivity contribution in [1.29, 1.82) is 0 Å². The first-order valence-corrected chi connectivity index (χ1v) is 53.3. The molecule has 800 valence electrons. The monoisotopic (exact) mass is 2570 g/mol. The van der Waals surface area contributed by atoms with Crippen LogP contribution in [0, 0.1) is 54.3 Å². The molecule has 4 atom stereocenters. The molecule has 10 aromatic rings. The van der Waals surface area contributed by atoms with Gasteiger partial charge in [0.2, 0.25) is 0 Å². The summed E-state index contributed by atoms with van der Waals surface area (Å²) in [6.45, 7) is 30.0. The van der Waals surface area contributed by atoms with Gasteiger partial charge in [0.1, 0.15) is 77.5 Å². The zero-order valence-corrected chi connectivity index (χ0v) is 99.2. The summed E-state index contributed by atoms with van der Waals surface area (Å²) in [5.74, 6) is 2.77. The summed E-state index contributed by atoms with van der Waals surface area (Å²) in [5, 5.41) is 20.5. The van der Waals surface area contributed by atoms with Gasteiger partial charge in [-0.15, -0.1) is 25.2 Å². The second kappa shape index (κ2) is 59.3. The summed E-state index contributed by atoms with van der Waals surface area (Å²) in [6, 6.07) is 47.8. The Bertz CT molecular complexity index is 6450. The van der Waals surface area contributed by atoms with E-state index < -0.39 is 84.8 Å². The van der Waals surface area contributed by atoms with E-state index in [-0.39, 0.29) is 128 Å². The van der Waals surface area contributed by atoms with Gasteiger partial charge in [-0.1, -0.05) is 120 Å². The van der Waals surface area contributed by atoms with E-state index in [2.05, 4.69) is 88.9 Å². The van der Waals surface area contributed by atoms with Crippen molar-refractivity contribution in [2.45, 2.75) is 183 Å². The van der Waals surface area contributed by atoms with Crippen molar-refractivity contribution in [1.82, 2.24) is 14.7 Å². The molecule has 4 unspecified atom stereocenters. The Morgan fingerprint density at radius 3 is 1.24 bits per heavy atom. The number of fused-ring (bicyclic) bond motifs is 3. The molecule has 2 fully saturated rings. The van der Waals surface area contributed by atoms with E-state index in [1.807, 2.05) is 145 Å². The summed E-state index contributed by atoms with van der Waals surface area (Å²) in [5.41, 5.74) is 3.01. The van der Waals surface area contributed by atoms with E-state index in [9.17, 15) is 51.0 Å². The number of carbonyl (C=O) groups excluding carboxylic acids is 5. The molecule has 0 aliphatic carbocycles. The van der Waals surface area contributed by atoms with Crippen LogP contribution >= 0.6 is 132 Å². The number of amides is 3. The molecule has 7 aliphatic rings. The number of terminal acetylenes is 2. The number of para-hydroxylation sites is 5.